The molecule has 1 aromatic rings. The molecule has 0 unspecified atom stereocenters. The number of nitrogens with one attached hydrogen (secondary N) is 1. The Kier molecular flexibility index (Phi) is 4.36. The lowest BCUT2D eigenvalue weighted by atomic mass is 10.1. The molecule has 0 saturated carbocycles. The first-order valence-corrected chi connectivity index (χ1v) is 4.79. The van der Waals surface area contributed by atoms with Crippen LogP contribution >= 0.6 is 0 Å². The fourth-order valence-corrected chi connectivity index (χ4v) is 1.22. The number of nitrogens with two attached hydrogens (primary N) is 1. The number of carbonyl (C=O) groups excluding carboxylic acids is 3. The highest BCUT2D eigenvalue weighted by molar-refractivity contribution is 5.99. The minimum Gasteiger partial charge on any atom is -0.465 e. The third-order valence-corrected chi connectivity index (χ3v) is 2.06. The first-order chi connectivity index (χ1) is 8.12. The Morgan fingerprint density at radius 3 is 2.71 bits per heavy atom. The molecule has 0 spiro atoms. The molecule has 0 aliphatic rings. The number of carbonyl (C=O) groups is 3. The van der Waals surface area contributed by atoms with E-state index in [9.17, 15) is 14.4 Å². The minimum atomic E-state index is -0.551. The Bertz CT molecular complexity index is 457. The number of methoxy groups -OCH3 is 1. The Morgan fingerprint density at radius 2 is 2.18 bits per heavy atom. The Morgan fingerprint density at radius 1 is 1.47 bits per heavy atom. The van der Waals surface area contributed by atoms with Gasteiger partial charge >= 0.3 is 5.97 Å². The van der Waals surface area contributed by atoms with E-state index < -0.39 is 11.9 Å². The zero-order valence-corrected chi connectivity index (χ0v) is 9.23. The molecular formula is C11H12N2O4. The van der Waals surface area contributed by atoms with Crippen molar-refractivity contribution in [2.24, 2.45) is 5.73 Å². The number of hydrogen-bond donors (Lipinski definition) is 2. The Hall–Kier alpha value is -2.21. The van der Waals surface area contributed by atoms with Crippen molar-refractivity contribution < 1.29 is 19.1 Å². The van der Waals surface area contributed by atoms with Gasteiger partial charge in [-0.05, 0) is 18.2 Å². The SMILES string of the molecule is COC(=O)c1ccc(NC(=O)CN)c(C=O)c1. The first kappa shape index (κ1) is 12.9. The summed E-state index contributed by atoms with van der Waals surface area (Å²) >= 11 is 0. The number of benzene rings is 1. The predicted octanol–water partition coefficient (Wildman–Crippen LogP) is 0.183. The summed E-state index contributed by atoms with van der Waals surface area (Å²) in [7, 11) is 1.24. The van der Waals surface area contributed by atoms with E-state index in [1.54, 1.807) is 0 Å². The van der Waals surface area contributed by atoms with E-state index in [1.165, 1.54) is 25.3 Å². The largest absolute Gasteiger partial charge is 0.465 e. The maximum absolute atomic E-state index is 11.2. The molecule has 1 aromatic carbocycles. The molecule has 1 rings (SSSR count). The second kappa shape index (κ2) is 5.76. The van der Waals surface area contributed by atoms with Crippen molar-refractivity contribution in [1.82, 2.24) is 0 Å². The van der Waals surface area contributed by atoms with Gasteiger partial charge in [0.1, 0.15) is 0 Å². The number of hydrogen-bond acceptors (Lipinski definition) is 5. The first-order valence-electron chi connectivity index (χ1n) is 4.79. The molecule has 0 aromatic heterocycles. The summed E-state index contributed by atoms with van der Waals surface area (Å²) in [5.74, 6) is -0.969. The standard InChI is InChI=1S/C11H12N2O4/c1-17-11(16)7-2-3-9(8(4-7)6-14)13-10(15)5-12/h2-4,6H,5,12H2,1H3,(H,13,15). The van der Waals surface area contributed by atoms with Crippen molar-refractivity contribution in [2.45, 2.75) is 0 Å². The van der Waals surface area contributed by atoms with Crippen LogP contribution in [0.1, 0.15) is 20.7 Å². The molecule has 17 heavy (non-hydrogen) atoms. The smallest absolute Gasteiger partial charge is 0.337 e. The lowest BCUT2D eigenvalue weighted by Gasteiger charge is -2.07. The highest BCUT2D eigenvalue weighted by Crippen LogP contribution is 2.16. The molecule has 0 saturated heterocycles. The summed E-state index contributed by atoms with van der Waals surface area (Å²) in [6.07, 6.45) is 0.540. The zero-order chi connectivity index (χ0) is 12.8. The van der Waals surface area contributed by atoms with Gasteiger partial charge in [0.05, 0.1) is 24.9 Å². The van der Waals surface area contributed by atoms with Gasteiger partial charge in [-0.2, -0.15) is 0 Å². The van der Waals surface area contributed by atoms with E-state index in [4.69, 9.17) is 5.73 Å². The van der Waals surface area contributed by atoms with Crippen LogP contribution < -0.4 is 11.1 Å². The maximum atomic E-state index is 11.2. The fourth-order valence-electron chi connectivity index (χ4n) is 1.22. The summed E-state index contributed by atoms with van der Waals surface area (Å²) in [6, 6.07) is 4.24. The van der Waals surface area contributed by atoms with Crippen molar-refractivity contribution in [3.8, 4) is 0 Å². The van der Waals surface area contributed by atoms with Crippen LogP contribution in [0.25, 0.3) is 0 Å². The van der Waals surface area contributed by atoms with Gasteiger partial charge in [0, 0.05) is 5.56 Å². The van der Waals surface area contributed by atoms with Crippen LogP contribution in [0.3, 0.4) is 0 Å². The van der Waals surface area contributed by atoms with Crippen LogP contribution in [0, 0.1) is 0 Å². The van der Waals surface area contributed by atoms with Gasteiger partial charge in [0.15, 0.2) is 6.29 Å². The molecule has 0 radical (unpaired) electrons. The molecule has 0 aliphatic carbocycles. The van der Waals surface area contributed by atoms with Crippen LogP contribution in [0.4, 0.5) is 5.69 Å². The van der Waals surface area contributed by atoms with Crippen molar-refractivity contribution in [3.05, 3.63) is 29.3 Å². The molecule has 0 aliphatic heterocycles. The topological polar surface area (TPSA) is 98.5 Å². The van der Waals surface area contributed by atoms with Gasteiger partial charge in [-0.1, -0.05) is 0 Å². The van der Waals surface area contributed by atoms with E-state index in [0.717, 1.165) is 0 Å². The lowest BCUT2D eigenvalue weighted by molar-refractivity contribution is -0.114. The highest BCUT2D eigenvalue weighted by Gasteiger charge is 2.10. The van der Waals surface area contributed by atoms with E-state index in [1.807, 2.05) is 0 Å². The third-order valence-electron chi connectivity index (χ3n) is 2.06. The molecule has 1 amide bonds. The molecule has 6 heteroatoms. The van der Waals surface area contributed by atoms with E-state index in [0.29, 0.717) is 12.0 Å². The van der Waals surface area contributed by atoms with Gasteiger partial charge in [-0.15, -0.1) is 0 Å². The number of esters is 1. The maximum Gasteiger partial charge on any atom is 0.337 e. The lowest BCUT2D eigenvalue weighted by Crippen LogP contribution is -2.22. The monoisotopic (exact) mass is 236 g/mol. The summed E-state index contributed by atoms with van der Waals surface area (Å²) in [5.41, 5.74) is 5.87. The van der Waals surface area contributed by atoms with Crippen molar-refractivity contribution in [3.63, 3.8) is 0 Å². The highest BCUT2D eigenvalue weighted by atomic mass is 16.5. The summed E-state index contributed by atoms with van der Waals surface area (Å²) in [6.45, 7) is -0.183. The Labute approximate surface area is 97.7 Å². The average Bonchev–Trinajstić information content (AvgIpc) is 2.37. The molecular weight excluding hydrogens is 224 g/mol. The quantitative estimate of drug-likeness (QED) is 0.574. The average molecular weight is 236 g/mol. The zero-order valence-electron chi connectivity index (χ0n) is 9.23. The second-order valence-electron chi connectivity index (χ2n) is 3.16. The molecule has 3 N–H and O–H groups in total. The predicted molar refractivity (Wildman–Crippen MR) is 60.9 cm³/mol. The van der Waals surface area contributed by atoms with Gasteiger partial charge in [0.2, 0.25) is 5.91 Å². The molecule has 6 nitrogen and oxygen atoms in total. The van der Waals surface area contributed by atoms with Crippen molar-refractivity contribution >= 4 is 23.9 Å². The molecule has 0 heterocycles. The number of amides is 1. The van der Waals surface area contributed by atoms with Crippen LogP contribution in [0.5, 0.6) is 0 Å². The fraction of sp³-hybridized carbons (Fsp3) is 0.182. The Balaban J connectivity index is 3.05. The summed E-state index contributed by atoms with van der Waals surface area (Å²) in [4.78, 5) is 33.1. The van der Waals surface area contributed by atoms with Crippen molar-refractivity contribution in [1.29, 1.82) is 0 Å². The van der Waals surface area contributed by atoms with Crippen molar-refractivity contribution in [2.75, 3.05) is 19.0 Å². The number of aldehydes is 1. The second-order valence-corrected chi connectivity index (χ2v) is 3.16. The third kappa shape index (κ3) is 3.12. The van der Waals surface area contributed by atoms with Crippen LogP contribution in [-0.2, 0) is 9.53 Å². The van der Waals surface area contributed by atoms with E-state index in [-0.39, 0.29) is 17.7 Å². The van der Waals surface area contributed by atoms with Crippen LogP contribution in [0.2, 0.25) is 0 Å². The van der Waals surface area contributed by atoms with E-state index in [2.05, 4.69) is 10.1 Å². The molecule has 0 fully saturated rings. The van der Waals surface area contributed by atoms with Gasteiger partial charge < -0.3 is 15.8 Å². The number of ether oxygens (including phenoxy) is 1. The minimum absolute atomic E-state index is 0.183. The molecule has 0 bridgehead atoms. The molecule has 90 valence electrons. The number of anilines is 1. The van der Waals surface area contributed by atoms with Crippen LogP contribution in [0.15, 0.2) is 18.2 Å². The summed E-state index contributed by atoms with van der Waals surface area (Å²) in [5, 5.41) is 2.45. The van der Waals surface area contributed by atoms with Gasteiger partial charge in [0.25, 0.3) is 0 Å². The van der Waals surface area contributed by atoms with Gasteiger partial charge in [-0.25, -0.2) is 4.79 Å². The van der Waals surface area contributed by atoms with E-state index >= 15 is 0 Å². The van der Waals surface area contributed by atoms with Gasteiger partial charge in [-0.3, -0.25) is 9.59 Å². The van der Waals surface area contributed by atoms with Crippen LogP contribution in [-0.4, -0.2) is 31.8 Å². The summed E-state index contributed by atoms with van der Waals surface area (Å²) < 4.78 is 4.52. The molecule has 0 atom stereocenters. The normalized spacial score (nSPS) is 9.53. The number of rotatable bonds is 4.